The van der Waals surface area contributed by atoms with Crippen LogP contribution in [0.3, 0.4) is 0 Å². The van der Waals surface area contributed by atoms with Gasteiger partial charge in [0, 0.05) is 42.8 Å². The maximum atomic E-state index is 13.6. The average molecular weight is 595 g/mol. The largest absolute Gasteiger partial charge is 0.497 e. The van der Waals surface area contributed by atoms with Crippen molar-refractivity contribution in [1.82, 2.24) is 9.80 Å². The van der Waals surface area contributed by atoms with Crippen LogP contribution in [0.25, 0.3) is 5.57 Å². The summed E-state index contributed by atoms with van der Waals surface area (Å²) in [5, 5.41) is 0.493. The fraction of sp³-hybridized carbons (Fsp3) is 0.312. The Kier molecular flexibility index (Phi) is 10.2. The molecule has 1 heterocycles. The fourth-order valence-corrected chi connectivity index (χ4v) is 5.02. The van der Waals surface area contributed by atoms with Gasteiger partial charge in [0.1, 0.15) is 11.5 Å². The van der Waals surface area contributed by atoms with Gasteiger partial charge in [0.15, 0.2) is 11.5 Å². The van der Waals surface area contributed by atoms with Gasteiger partial charge in [-0.25, -0.2) is 0 Å². The highest BCUT2D eigenvalue weighted by Gasteiger charge is 2.26. The second-order valence-electron chi connectivity index (χ2n) is 9.43. The van der Waals surface area contributed by atoms with E-state index in [9.17, 15) is 9.59 Å². The van der Waals surface area contributed by atoms with Gasteiger partial charge in [-0.05, 0) is 66.1 Å². The Morgan fingerprint density at radius 1 is 0.738 bits per heavy atom. The highest BCUT2D eigenvalue weighted by Crippen LogP contribution is 2.38. The highest BCUT2D eigenvalue weighted by atomic mass is 35.5. The lowest BCUT2D eigenvalue weighted by molar-refractivity contribution is -0.127. The van der Waals surface area contributed by atoms with E-state index >= 15 is 0 Å². The summed E-state index contributed by atoms with van der Waals surface area (Å²) in [4.78, 5) is 30.4. The van der Waals surface area contributed by atoms with E-state index in [1.54, 1.807) is 47.3 Å². The first-order valence-corrected chi connectivity index (χ1v) is 13.9. The molecule has 9 nitrogen and oxygen atoms in total. The average Bonchev–Trinajstić information content (AvgIpc) is 3.02. The predicted octanol–water partition coefficient (Wildman–Crippen LogP) is 5.19. The number of hydrogen-bond acceptors (Lipinski definition) is 7. The van der Waals surface area contributed by atoms with Crippen LogP contribution in [0.4, 0.5) is 0 Å². The fourth-order valence-electron chi connectivity index (χ4n) is 4.80. The van der Waals surface area contributed by atoms with Crippen molar-refractivity contribution in [2.24, 2.45) is 0 Å². The molecule has 0 aliphatic carbocycles. The third kappa shape index (κ3) is 6.91. The van der Waals surface area contributed by atoms with Crippen molar-refractivity contribution in [3.63, 3.8) is 0 Å². The number of benzene rings is 3. The van der Waals surface area contributed by atoms with Crippen molar-refractivity contribution >= 4 is 29.0 Å². The summed E-state index contributed by atoms with van der Waals surface area (Å²) in [5.41, 5.74) is 2.68. The van der Waals surface area contributed by atoms with E-state index in [0.29, 0.717) is 71.9 Å². The maximum absolute atomic E-state index is 13.6. The minimum atomic E-state index is -0.182. The summed E-state index contributed by atoms with van der Waals surface area (Å²) in [6.07, 6.45) is 1.61. The van der Waals surface area contributed by atoms with E-state index in [1.165, 1.54) is 21.3 Å². The Morgan fingerprint density at radius 2 is 1.36 bits per heavy atom. The van der Waals surface area contributed by atoms with Crippen LogP contribution < -0.4 is 23.7 Å². The smallest absolute Gasteiger partial charge is 0.254 e. The van der Waals surface area contributed by atoms with Crippen LogP contribution in [0, 0.1) is 0 Å². The number of carbonyl (C=O) groups excluding carboxylic acids is 2. The molecule has 1 saturated heterocycles. The van der Waals surface area contributed by atoms with Gasteiger partial charge in [0.2, 0.25) is 11.7 Å². The summed E-state index contributed by atoms with van der Waals surface area (Å²) >= 11 is 6.38. The summed E-state index contributed by atoms with van der Waals surface area (Å²) in [7, 11) is 6.09. The van der Waals surface area contributed by atoms with Gasteiger partial charge in [-0.1, -0.05) is 23.7 Å². The van der Waals surface area contributed by atoms with Crippen LogP contribution in [-0.2, 0) is 4.79 Å². The maximum Gasteiger partial charge on any atom is 0.254 e. The van der Waals surface area contributed by atoms with E-state index in [1.807, 2.05) is 37.3 Å². The van der Waals surface area contributed by atoms with Crippen LogP contribution in [0.1, 0.15) is 28.4 Å². The number of piperazine rings is 1. The number of methoxy groups -OCH3 is 4. The van der Waals surface area contributed by atoms with Gasteiger partial charge >= 0.3 is 0 Å². The molecule has 10 heteroatoms. The molecule has 42 heavy (non-hydrogen) atoms. The Morgan fingerprint density at radius 3 is 1.90 bits per heavy atom. The normalized spacial score (nSPS) is 13.4. The lowest BCUT2D eigenvalue weighted by Gasteiger charge is -2.34. The standard InChI is InChI=1S/C32H35ClN2O7/c1-6-42-25-9-7-21(8-10-25)27(22-15-24(33)19-26(16-22)38-2)20-30(36)34-11-13-35(14-12-34)32(37)23-17-28(39-3)31(41-5)29(18-23)40-4/h7-10,15-20H,6,11-14H2,1-5H3/b27-20-. The van der Waals surface area contributed by atoms with Crippen molar-refractivity contribution in [1.29, 1.82) is 0 Å². The second kappa shape index (κ2) is 14.0. The number of carbonyl (C=O) groups is 2. The molecule has 0 bridgehead atoms. The van der Waals surface area contributed by atoms with Gasteiger partial charge in [-0.15, -0.1) is 0 Å². The molecule has 0 aromatic heterocycles. The molecule has 4 rings (SSSR count). The molecule has 0 unspecified atom stereocenters. The summed E-state index contributed by atoms with van der Waals surface area (Å²) in [5.74, 6) is 2.19. The molecule has 3 aromatic carbocycles. The van der Waals surface area contributed by atoms with Crippen LogP contribution in [-0.4, -0.2) is 82.8 Å². The molecule has 1 aliphatic heterocycles. The van der Waals surface area contributed by atoms with Crippen LogP contribution in [0.2, 0.25) is 5.02 Å². The molecule has 0 spiro atoms. The summed E-state index contributed by atoms with van der Waals surface area (Å²) in [6, 6.07) is 16.2. The second-order valence-corrected chi connectivity index (χ2v) is 9.86. The highest BCUT2D eigenvalue weighted by molar-refractivity contribution is 6.31. The third-order valence-electron chi connectivity index (χ3n) is 6.95. The zero-order valence-electron chi connectivity index (χ0n) is 24.4. The van der Waals surface area contributed by atoms with E-state index < -0.39 is 0 Å². The van der Waals surface area contributed by atoms with E-state index in [0.717, 1.165) is 16.9 Å². The molecule has 222 valence electrons. The van der Waals surface area contributed by atoms with E-state index in [2.05, 4.69) is 0 Å². The summed E-state index contributed by atoms with van der Waals surface area (Å²) in [6.45, 7) is 3.98. The number of amides is 2. The SMILES string of the molecule is CCOc1ccc(/C(=C/C(=O)N2CCN(C(=O)c3cc(OC)c(OC)c(OC)c3)CC2)c2cc(Cl)cc(OC)c2)cc1. The zero-order valence-corrected chi connectivity index (χ0v) is 25.2. The molecular formula is C32H35ClN2O7. The first-order valence-electron chi connectivity index (χ1n) is 13.5. The molecule has 2 amide bonds. The van der Waals surface area contributed by atoms with Gasteiger partial charge in [0.05, 0.1) is 35.0 Å². The molecule has 0 atom stereocenters. The van der Waals surface area contributed by atoms with Crippen molar-refractivity contribution in [2.75, 3.05) is 61.2 Å². The third-order valence-corrected chi connectivity index (χ3v) is 7.17. The zero-order chi connectivity index (χ0) is 30.2. The van der Waals surface area contributed by atoms with Gasteiger partial charge in [0.25, 0.3) is 5.91 Å². The number of ether oxygens (including phenoxy) is 5. The number of hydrogen-bond donors (Lipinski definition) is 0. The molecule has 1 aliphatic rings. The quantitative estimate of drug-likeness (QED) is 0.299. The molecular weight excluding hydrogens is 560 g/mol. The number of rotatable bonds is 10. The first-order chi connectivity index (χ1) is 20.3. The lowest BCUT2D eigenvalue weighted by Crippen LogP contribution is -2.50. The molecule has 0 N–H and O–H groups in total. The van der Waals surface area contributed by atoms with Gasteiger partial charge in [-0.2, -0.15) is 0 Å². The Labute approximate surface area is 251 Å². The number of nitrogens with zero attached hydrogens (tertiary/aromatic N) is 2. The van der Waals surface area contributed by atoms with E-state index in [4.69, 9.17) is 35.3 Å². The van der Waals surface area contributed by atoms with E-state index in [-0.39, 0.29) is 11.8 Å². The molecule has 3 aromatic rings. The van der Waals surface area contributed by atoms with Crippen LogP contribution >= 0.6 is 11.6 Å². The molecule has 0 saturated carbocycles. The Balaban J connectivity index is 1.55. The topological polar surface area (TPSA) is 86.8 Å². The molecule has 0 radical (unpaired) electrons. The van der Waals surface area contributed by atoms with Crippen molar-refractivity contribution in [3.8, 4) is 28.7 Å². The van der Waals surface area contributed by atoms with Crippen molar-refractivity contribution in [2.45, 2.75) is 6.92 Å². The minimum absolute atomic E-state index is 0.169. The first kappa shape index (κ1) is 30.6. The lowest BCUT2D eigenvalue weighted by atomic mass is 9.96. The molecule has 1 fully saturated rings. The van der Waals surface area contributed by atoms with Crippen LogP contribution in [0.15, 0.2) is 60.7 Å². The van der Waals surface area contributed by atoms with Crippen LogP contribution in [0.5, 0.6) is 28.7 Å². The Hall–Kier alpha value is -4.37. The van der Waals surface area contributed by atoms with Crippen molar-refractivity contribution < 1.29 is 33.3 Å². The van der Waals surface area contributed by atoms with Gasteiger partial charge < -0.3 is 33.5 Å². The monoisotopic (exact) mass is 594 g/mol. The summed E-state index contributed by atoms with van der Waals surface area (Å²) < 4.78 is 27.2. The number of halogens is 1. The Bertz CT molecular complexity index is 1420. The van der Waals surface area contributed by atoms with Crippen molar-refractivity contribution in [3.05, 3.63) is 82.4 Å². The van der Waals surface area contributed by atoms with Gasteiger partial charge in [-0.3, -0.25) is 9.59 Å². The predicted molar refractivity (Wildman–Crippen MR) is 161 cm³/mol. The minimum Gasteiger partial charge on any atom is -0.497 e.